The van der Waals surface area contributed by atoms with Gasteiger partial charge in [0.1, 0.15) is 0 Å². The number of ether oxygens (including phenoxy) is 1. The monoisotopic (exact) mass is 356 g/mol. The van der Waals surface area contributed by atoms with Crippen LogP contribution in [0.1, 0.15) is 17.7 Å². The standard InChI is InChI=1S/C17H16N4O3S/c1-23-14-7-4-11(8-18-14)17-20-15(21-24-17)13-6-5-12(25-13)9-19-16(22)10-2-3-10/h4-8,10H,2-3,9H2,1H3,(H,19,22). The highest BCUT2D eigenvalue weighted by Crippen LogP contribution is 2.30. The Morgan fingerprint density at radius 1 is 1.36 bits per heavy atom. The van der Waals surface area contributed by atoms with Gasteiger partial charge >= 0.3 is 0 Å². The van der Waals surface area contributed by atoms with Crippen molar-refractivity contribution in [3.63, 3.8) is 0 Å². The molecule has 1 aliphatic rings. The van der Waals surface area contributed by atoms with Crippen LogP contribution in [0.4, 0.5) is 0 Å². The van der Waals surface area contributed by atoms with Gasteiger partial charge in [-0.2, -0.15) is 4.98 Å². The van der Waals surface area contributed by atoms with Crippen molar-refractivity contribution >= 4 is 17.2 Å². The van der Waals surface area contributed by atoms with Crippen LogP contribution in [-0.4, -0.2) is 28.1 Å². The second-order valence-electron chi connectivity index (χ2n) is 5.77. The van der Waals surface area contributed by atoms with Crippen molar-refractivity contribution < 1.29 is 14.1 Å². The number of methoxy groups -OCH3 is 1. The van der Waals surface area contributed by atoms with Crippen molar-refractivity contribution in [3.8, 4) is 28.0 Å². The second-order valence-corrected chi connectivity index (χ2v) is 6.94. The minimum atomic E-state index is 0.142. The normalized spacial score (nSPS) is 13.6. The lowest BCUT2D eigenvalue weighted by molar-refractivity contribution is -0.122. The van der Waals surface area contributed by atoms with E-state index in [1.54, 1.807) is 19.4 Å². The first-order valence-corrected chi connectivity index (χ1v) is 8.75. The number of rotatable bonds is 6. The summed E-state index contributed by atoms with van der Waals surface area (Å²) < 4.78 is 10.4. The van der Waals surface area contributed by atoms with E-state index in [0.29, 0.717) is 24.1 Å². The molecule has 3 heterocycles. The van der Waals surface area contributed by atoms with E-state index in [0.717, 1.165) is 28.2 Å². The third-order valence-electron chi connectivity index (χ3n) is 3.89. The average Bonchev–Trinajstić information content (AvgIpc) is 3.19. The SMILES string of the molecule is COc1ccc(-c2nc(-c3ccc(CNC(=O)C4CC4)s3)no2)cn1. The number of thiophene rings is 1. The highest BCUT2D eigenvalue weighted by Gasteiger charge is 2.29. The van der Waals surface area contributed by atoms with Gasteiger partial charge in [-0.3, -0.25) is 4.79 Å². The summed E-state index contributed by atoms with van der Waals surface area (Å²) in [7, 11) is 1.56. The second kappa shape index (κ2) is 6.64. The summed E-state index contributed by atoms with van der Waals surface area (Å²) in [6.45, 7) is 0.535. The summed E-state index contributed by atoms with van der Waals surface area (Å²) in [6, 6.07) is 7.46. The highest BCUT2D eigenvalue weighted by atomic mass is 32.1. The number of carbonyl (C=O) groups is 1. The van der Waals surface area contributed by atoms with Gasteiger partial charge in [-0.15, -0.1) is 11.3 Å². The van der Waals surface area contributed by atoms with Gasteiger partial charge in [-0.25, -0.2) is 4.98 Å². The Kier molecular flexibility index (Phi) is 4.19. The molecule has 0 aromatic carbocycles. The molecule has 1 aliphatic carbocycles. The van der Waals surface area contributed by atoms with Crippen molar-refractivity contribution in [3.05, 3.63) is 35.3 Å². The zero-order valence-electron chi connectivity index (χ0n) is 13.6. The van der Waals surface area contributed by atoms with E-state index >= 15 is 0 Å². The zero-order chi connectivity index (χ0) is 17.2. The van der Waals surface area contributed by atoms with Crippen LogP contribution in [0, 0.1) is 5.92 Å². The third kappa shape index (κ3) is 3.53. The molecule has 0 saturated heterocycles. The van der Waals surface area contributed by atoms with Crippen molar-refractivity contribution in [2.45, 2.75) is 19.4 Å². The van der Waals surface area contributed by atoms with Crippen LogP contribution in [0.25, 0.3) is 22.2 Å². The van der Waals surface area contributed by atoms with E-state index in [1.807, 2.05) is 18.2 Å². The topological polar surface area (TPSA) is 90.1 Å². The molecule has 8 heteroatoms. The van der Waals surface area contributed by atoms with Crippen LogP contribution in [-0.2, 0) is 11.3 Å². The molecule has 1 fully saturated rings. The van der Waals surface area contributed by atoms with Gasteiger partial charge in [0.15, 0.2) is 0 Å². The first kappa shape index (κ1) is 15.8. The van der Waals surface area contributed by atoms with Crippen LogP contribution in [0.2, 0.25) is 0 Å². The maximum atomic E-state index is 11.7. The number of nitrogens with one attached hydrogen (secondary N) is 1. The zero-order valence-corrected chi connectivity index (χ0v) is 14.4. The lowest BCUT2D eigenvalue weighted by Crippen LogP contribution is -2.23. The Labute approximate surface area is 148 Å². The summed E-state index contributed by atoms with van der Waals surface area (Å²) in [5, 5.41) is 6.98. The number of aromatic nitrogens is 3. The molecule has 1 saturated carbocycles. The quantitative estimate of drug-likeness (QED) is 0.730. The number of nitrogens with zero attached hydrogens (tertiary/aromatic N) is 3. The molecule has 4 rings (SSSR count). The van der Waals surface area contributed by atoms with E-state index in [4.69, 9.17) is 9.26 Å². The van der Waals surface area contributed by atoms with Crippen molar-refractivity contribution in [1.29, 1.82) is 0 Å². The fraction of sp³-hybridized carbons (Fsp3) is 0.294. The smallest absolute Gasteiger partial charge is 0.259 e. The van der Waals surface area contributed by atoms with Gasteiger partial charge in [-0.05, 0) is 31.0 Å². The summed E-state index contributed by atoms with van der Waals surface area (Å²) in [4.78, 5) is 22.2. The number of hydrogen-bond acceptors (Lipinski definition) is 7. The van der Waals surface area contributed by atoms with Crippen LogP contribution >= 0.6 is 11.3 Å². The molecule has 1 amide bonds. The number of hydrogen-bond donors (Lipinski definition) is 1. The van der Waals surface area contributed by atoms with Gasteiger partial charge in [-0.1, -0.05) is 5.16 Å². The molecular formula is C17H16N4O3S. The lowest BCUT2D eigenvalue weighted by Gasteiger charge is -2.00. The Morgan fingerprint density at radius 3 is 2.96 bits per heavy atom. The predicted octanol–water partition coefficient (Wildman–Crippen LogP) is 2.89. The predicted molar refractivity (Wildman–Crippen MR) is 92.0 cm³/mol. The number of pyridine rings is 1. The molecule has 0 atom stereocenters. The lowest BCUT2D eigenvalue weighted by atomic mass is 10.3. The van der Waals surface area contributed by atoms with Gasteiger partial charge in [0, 0.05) is 23.1 Å². The van der Waals surface area contributed by atoms with Crippen molar-refractivity contribution in [2.24, 2.45) is 5.92 Å². The Morgan fingerprint density at radius 2 is 2.24 bits per heavy atom. The maximum Gasteiger partial charge on any atom is 0.259 e. The summed E-state index contributed by atoms with van der Waals surface area (Å²) in [5.74, 6) is 1.82. The fourth-order valence-corrected chi connectivity index (χ4v) is 3.20. The molecule has 25 heavy (non-hydrogen) atoms. The van der Waals surface area contributed by atoms with Crippen molar-refractivity contribution in [2.75, 3.05) is 7.11 Å². The Hall–Kier alpha value is -2.74. The molecule has 0 spiro atoms. The number of carbonyl (C=O) groups excluding carboxylic acids is 1. The van der Waals surface area contributed by atoms with Gasteiger partial charge in [0.05, 0.1) is 24.1 Å². The molecule has 0 bridgehead atoms. The molecular weight excluding hydrogens is 340 g/mol. The van der Waals surface area contributed by atoms with Crippen molar-refractivity contribution in [1.82, 2.24) is 20.4 Å². The van der Waals surface area contributed by atoms with E-state index < -0.39 is 0 Å². The summed E-state index contributed by atoms with van der Waals surface area (Å²) >= 11 is 1.54. The van der Waals surface area contributed by atoms with E-state index in [9.17, 15) is 4.79 Å². The molecule has 7 nitrogen and oxygen atoms in total. The van der Waals surface area contributed by atoms with Gasteiger partial charge < -0.3 is 14.6 Å². The Balaban J connectivity index is 1.45. The summed E-state index contributed by atoms with van der Waals surface area (Å²) in [6.07, 6.45) is 3.64. The first-order valence-electron chi connectivity index (χ1n) is 7.94. The number of amides is 1. The van der Waals surface area contributed by atoms with Crippen LogP contribution in [0.3, 0.4) is 0 Å². The van der Waals surface area contributed by atoms with E-state index in [-0.39, 0.29) is 11.8 Å². The molecule has 3 aromatic rings. The maximum absolute atomic E-state index is 11.7. The third-order valence-corrected chi connectivity index (χ3v) is 4.97. The Bertz CT molecular complexity index is 883. The van der Waals surface area contributed by atoms with Crippen LogP contribution < -0.4 is 10.1 Å². The molecule has 3 aromatic heterocycles. The molecule has 0 aliphatic heterocycles. The summed E-state index contributed by atoms with van der Waals surface area (Å²) in [5.41, 5.74) is 0.730. The van der Waals surface area contributed by atoms with Gasteiger partial charge in [0.2, 0.25) is 17.6 Å². The van der Waals surface area contributed by atoms with E-state index in [1.165, 1.54) is 11.3 Å². The highest BCUT2D eigenvalue weighted by molar-refractivity contribution is 7.15. The molecule has 0 radical (unpaired) electrons. The molecule has 128 valence electrons. The molecule has 1 N–H and O–H groups in total. The first-order chi connectivity index (χ1) is 12.2. The van der Waals surface area contributed by atoms with E-state index in [2.05, 4.69) is 20.4 Å². The minimum absolute atomic E-state index is 0.142. The fourth-order valence-electron chi connectivity index (χ4n) is 2.33. The molecule has 0 unspecified atom stereocenters. The van der Waals surface area contributed by atoms with Crippen LogP contribution in [0.15, 0.2) is 35.0 Å². The average molecular weight is 356 g/mol. The minimum Gasteiger partial charge on any atom is -0.481 e. The van der Waals surface area contributed by atoms with Gasteiger partial charge in [0.25, 0.3) is 5.89 Å². The van der Waals surface area contributed by atoms with Crippen LogP contribution in [0.5, 0.6) is 5.88 Å². The largest absolute Gasteiger partial charge is 0.481 e.